The Hall–Kier alpha value is -2.50. The molecule has 0 aliphatic heterocycles. The number of sulfonamides is 1. The first-order valence-corrected chi connectivity index (χ1v) is 13.8. The Balaban J connectivity index is 2.45. The number of carbonyl (C=O) groups excluding carboxylic acids is 2. The van der Waals surface area contributed by atoms with E-state index in [4.69, 9.17) is 23.2 Å². The Morgan fingerprint density at radius 2 is 1.62 bits per heavy atom. The van der Waals surface area contributed by atoms with E-state index in [9.17, 15) is 31.2 Å². The Morgan fingerprint density at radius 3 is 2.14 bits per heavy atom. The van der Waals surface area contributed by atoms with E-state index >= 15 is 0 Å². The molecule has 0 radical (unpaired) electrons. The van der Waals surface area contributed by atoms with Crippen molar-refractivity contribution in [1.82, 2.24) is 10.2 Å². The lowest BCUT2D eigenvalue weighted by molar-refractivity contribution is -0.139. The normalized spacial score (nSPS) is 12.8. The predicted octanol–water partition coefficient (Wildman–Crippen LogP) is 4.97. The molecule has 0 spiro atoms. The van der Waals surface area contributed by atoms with Crippen molar-refractivity contribution in [2.45, 2.75) is 39.5 Å². The number of rotatable bonds is 10. The van der Waals surface area contributed by atoms with Crippen molar-refractivity contribution in [3.8, 4) is 0 Å². The van der Waals surface area contributed by atoms with Gasteiger partial charge in [-0.15, -0.1) is 0 Å². The number of hydrogen-bond acceptors (Lipinski definition) is 4. The van der Waals surface area contributed by atoms with Crippen molar-refractivity contribution in [2.24, 2.45) is 5.92 Å². The molecule has 2 rings (SSSR count). The highest BCUT2D eigenvalue weighted by Crippen LogP contribution is 2.37. The van der Waals surface area contributed by atoms with E-state index in [0.29, 0.717) is 27.5 Å². The molecule has 0 bridgehead atoms. The van der Waals surface area contributed by atoms with Crippen LogP contribution in [-0.4, -0.2) is 50.5 Å². The molecule has 2 amide bonds. The number of amides is 2. The maximum atomic E-state index is 13.4. The van der Waals surface area contributed by atoms with Crippen molar-refractivity contribution in [2.75, 3.05) is 23.7 Å². The van der Waals surface area contributed by atoms with E-state index in [1.54, 1.807) is 24.3 Å². The van der Waals surface area contributed by atoms with Crippen molar-refractivity contribution in [3.05, 3.63) is 63.6 Å². The minimum atomic E-state index is -4.84. The zero-order valence-corrected chi connectivity index (χ0v) is 23.0. The number of nitrogens with one attached hydrogen (secondary N) is 1. The van der Waals surface area contributed by atoms with E-state index in [1.165, 1.54) is 6.92 Å². The fourth-order valence-corrected chi connectivity index (χ4v) is 4.51. The molecule has 2 aromatic carbocycles. The lowest BCUT2D eigenvalue weighted by atomic mass is 10.1. The molecule has 0 fully saturated rings. The summed E-state index contributed by atoms with van der Waals surface area (Å²) in [6.07, 6.45) is -4.08. The lowest BCUT2D eigenvalue weighted by Gasteiger charge is -2.31. The zero-order valence-electron chi connectivity index (χ0n) is 20.6. The molecule has 0 aromatic heterocycles. The van der Waals surface area contributed by atoms with Crippen LogP contribution in [0, 0.1) is 5.92 Å². The summed E-state index contributed by atoms with van der Waals surface area (Å²) >= 11 is 11.6. The molecular formula is C24H28Cl2F3N3O4S. The smallest absolute Gasteiger partial charge is 0.354 e. The molecular weight excluding hydrogens is 554 g/mol. The van der Waals surface area contributed by atoms with Gasteiger partial charge in [-0.1, -0.05) is 49.2 Å². The minimum absolute atomic E-state index is 0.0711. The van der Waals surface area contributed by atoms with Crippen LogP contribution in [0.25, 0.3) is 0 Å². The highest BCUT2D eigenvalue weighted by molar-refractivity contribution is 7.92. The van der Waals surface area contributed by atoms with Gasteiger partial charge in [0.05, 0.1) is 22.5 Å². The summed E-state index contributed by atoms with van der Waals surface area (Å²) in [5.41, 5.74) is -1.03. The molecule has 13 heteroatoms. The van der Waals surface area contributed by atoms with Crippen molar-refractivity contribution in [1.29, 1.82) is 0 Å². The van der Waals surface area contributed by atoms with Crippen LogP contribution < -0.4 is 9.62 Å². The second kappa shape index (κ2) is 12.4. The van der Waals surface area contributed by atoms with Gasteiger partial charge in [0.2, 0.25) is 21.8 Å². The van der Waals surface area contributed by atoms with Gasteiger partial charge in [-0.3, -0.25) is 13.9 Å². The van der Waals surface area contributed by atoms with Gasteiger partial charge in [0, 0.05) is 18.1 Å². The lowest BCUT2D eigenvalue weighted by Crippen LogP contribution is -2.51. The van der Waals surface area contributed by atoms with Gasteiger partial charge >= 0.3 is 6.18 Å². The highest BCUT2D eigenvalue weighted by atomic mass is 35.5. The van der Waals surface area contributed by atoms with E-state index in [1.807, 2.05) is 13.8 Å². The average molecular weight is 582 g/mol. The Kier molecular flexibility index (Phi) is 10.3. The Morgan fingerprint density at radius 1 is 1.03 bits per heavy atom. The number of nitrogens with zero attached hydrogens (tertiary/aromatic N) is 2. The number of halogens is 5. The molecule has 1 atom stereocenters. The molecule has 0 aliphatic carbocycles. The van der Waals surface area contributed by atoms with Gasteiger partial charge in [0.15, 0.2) is 0 Å². The van der Waals surface area contributed by atoms with Crippen LogP contribution in [0.2, 0.25) is 10.0 Å². The van der Waals surface area contributed by atoms with Crippen molar-refractivity contribution >= 4 is 50.7 Å². The van der Waals surface area contributed by atoms with Crippen LogP contribution in [0.1, 0.15) is 31.9 Å². The third kappa shape index (κ3) is 8.79. The van der Waals surface area contributed by atoms with E-state index in [0.717, 1.165) is 23.3 Å². The Labute approximate surface area is 224 Å². The number of alkyl halides is 3. The van der Waals surface area contributed by atoms with Gasteiger partial charge < -0.3 is 10.2 Å². The summed E-state index contributed by atoms with van der Waals surface area (Å²) in [6.45, 7) is 4.72. The van der Waals surface area contributed by atoms with Gasteiger partial charge in [0.1, 0.15) is 12.6 Å². The van der Waals surface area contributed by atoms with Gasteiger partial charge in [-0.25, -0.2) is 8.42 Å². The van der Waals surface area contributed by atoms with Crippen molar-refractivity contribution < 1.29 is 31.2 Å². The molecule has 204 valence electrons. The first kappa shape index (κ1) is 30.7. The highest BCUT2D eigenvalue weighted by Gasteiger charge is 2.35. The largest absolute Gasteiger partial charge is 0.417 e. The topological polar surface area (TPSA) is 86.8 Å². The predicted molar refractivity (Wildman–Crippen MR) is 138 cm³/mol. The SMILES string of the molecule is CC(C)CNC(=O)C(C)N(Cc1ccc(Cl)cc1)C(=O)CN(c1ccc(Cl)c(C(F)(F)F)c1)S(C)(=O)=O. The molecule has 0 saturated carbocycles. The molecule has 1 N–H and O–H groups in total. The fraction of sp³-hybridized carbons (Fsp3) is 0.417. The monoisotopic (exact) mass is 581 g/mol. The number of carbonyl (C=O) groups is 2. The average Bonchev–Trinajstić information content (AvgIpc) is 2.79. The zero-order chi connectivity index (χ0) is 28.1. The van der Waals surface area contributed by atoms with Crippen LogP contribution in [0.15, 0.2) is 42.5 Å². The maximum Gasteiger partial charge on any atom is 0.417 e. The second-order valence-electron chi connectivity index (χ2n) is 8.89. The first-order valence-electron chi connectivity index (χ1n) is 11.2. The van der Waals surface area contributed by atoms with Crippen LogP contribution in [0.3, 0.4) is 0 Å². The summed E-state index contributed by atoms with van der Waals surface area (Å²) in [6, 6.07) is 8.02. The number of anilines is 1. The Bertz CT molecular complexity index is 1220. The first-order chi connectivity index (χ1) is 17.0. The summed E-state index contributed by atoms with van der Waals surface area (Å²) in [5, 5.41) is 2.57. The van der Waals surface area contributed by atoms with E-state index in [2.05, 4.69) is 5.32 Å². The third-order valence-corrected chi connectivity index (χ3v) is 7.06. The fourth-order valence-electron chi connectivity index (χ4n) is 3.32. The molecule has 2 aromatic rings. The van der Waals surface area contributed by atoms with E-state index < -0.39 is 56.9 Å². The maximum absolute atomic E-state index is 13.4. The molecule has 1 unspecified atom stereocenters. The molecule has 0 aliphatic rings. The molecule has 0 heterocycles. The van der Waals surface area contributed by atoms with Crippen LogP contribution >= 0.6 is 23.2 Å². The summed E-state index contributed by atoms with van der Waals surface area (Å²) in [4.78, 5) is 27.4. The quantitative estimate of drug-likeness (QED) is 0.429. The van der Waals surface area contributed by atoms with Crippen LogP contribution in [-0.2, 0) is 32.3 Å². The van der Waals surface area contributed by atoms with Crippen LogP contribution in [0.5, 0.6) is 0 Å². The van der Waals surface area contributed by atoms with Gasteiger partial charge in [-0.2, -0.15) is 13.2 Å². The standard InChI is InChI=1S/C24H28Cl2F3N3O4S/c1-15(2)12-30-23(34)16(3)31(13-17-5-7-18(25)8-6-17)22(33)14-32(37(4,35)36)19-9-10-21(26)20(11-19)24(27,28)29/h5-11,15-16H,12-14H2,1-4H3,(H,30,34). The summed E-state index contributed by atoms with van der Waals surface area (Å²) in [5.74, 6) is -1.12. The van der Waals surface area contributed by atoms with E-state index in [-0.39, 0.29) is 12.5 Å². The summed E-state index contributed by atoms with van der Waals surface area (Å²) in [7, 11) is -4.21. The van der Waals surface area contributed by atoms with Crippen molar-refractivity contribution in [3.63, 3.8) is 0 Å². The second-order valence-corrected chi connectivity index (χ2v) is 11.6. The summed E-state index contributed by atoms with van der Waals surface area (Å²) < 4.78 is 65.8. The van der Waals surface area contributed by atoms with Gasteiger partial charge in [0.25, 0.3) is 0 Å². The third-order valence-electron chi connectivity index (χ3n) is 5.34. The molecule has 37 heavy (non-hydrogen) atoms. The molecule has 7 nitrogen and oxygen atoms in total. The van der Waals surface area contributed by atoms with Gasteiger partial charge in [-0.05, 0) is 48.7 Å². The molecule has 0 saturated heterocycles. The number of hydrogen-bond donors (Lipinski definition) is 1. The number of benzene rings is 2. The van der Waals surface area contributed by atoms with Crippen LogP contribution in [0.4, 0.5) is 18.9 Å². The minimum Gasteiger partial charge on any atom is -0.354 e.